The smallest absolute Gasteiger partial charge is 0.416 e. The number of aromatic amines is 2. The molecule has 0 fully saturated rings. The van der Waals surface area contributed by atoms with Gasteiger partial charge < -0.3 is 14.7 Å². The number of esters is 1. The number of H-pyrrole nitrogens is 2. The molecule has 0 atom stereocenters. The van der Waals surface area contributed by atoms with E-state index in [1.807, 2.05) is 0 Å². The number of carbonyl (C=O) groups excluding carboxylic acids is 1. The zero-order valence-corrected chi connectivity index (χ0v) is 11.7. The summed E-state index contributed by atoms with van der Waals surface area (Å²) < 4.78 is 42.8. The quantitative estimate of drug-likeness (QED) is 0.673. The average Bonchev–Trinajstić information content (AvgIpc) is 2.78. The van der Waals surface area contributed by atoms with Crippen molar-refractivity contribution in [1.29, 1.82) is 0 Å². The van der Waals surface area contributed by atoms with Gasteiger partial charge in [0.15, 0.2) is 4.77 Å². The number of benzene rings is 1. The Morgan fingerprint density at radius 2 is 2.05 bits per heavy atom. The third-order valence-corrected chi connectivity index (χ3v) is 3.03. The van der Waals surface area contributed by atoms with E-state index < -0.39 is 17.7 Å². The van der Waals surface area contributed by atoms with Gasteiger partial charge in [-0.15, -0.1) is 0 Å². The van der Waals surface area contributed by atoms with Crippen molar-refractivity contribution in [2.24, 2.45) is 0 Å². The van der Waals surface area contributed by atoms with E-state index in [0.717, 1.165) is 12.1 Å². The van der Waals surface area contributed by atoms with Gasteiger partial charge in [-0.2, -0.15) is 13.2 Å². The minimum absolute atomic E-state index is 0.0987. The van der Waals surface area contributed by atoms with E-state index in [-0.39, 0.29) is 16.9 Å². The van der Waals surface area contributed by atoms with Crippen LogP contribution in [0.4, 0.5) is 13.2 Å². The fraction of sp³-hybridized carbons (Fsp3) is 0.231. The molecule has 0 spiro atoms. The Kier molecular flexibility index (Phi) is 4.17. The van der Waals surface area contributed by atoms with Gasteiger partial charge in [0.05, 0.1) is 18.4 Å². The van der Waals surface area contributed by atoms with Crippen molar-refractivity contribution in [2.45, 2.75) is 12.6 Å². The zero-order valence-electron chi connectivity index (χ0n) is 10.9. The summed E-state index contributed by atoms with van der Waals surface area (Å²) in [4.78, 5) is 16.9. The number of ether oxygens (including phenoxy) is 1. The predicted octanol–water partition coefficient (Wildman–Crippen LogP) is 3.47. The molecule has 1 heterocycles. The van der Waals surface area contributed by atoms with Gasteiger partial charge in [-0.3, -0.25) is 0 Å². The topological polar surface area (TPSA) is 57.9 Å². The lowest BCUT2D eigenvalue weighted by atomic mass is 10.1. The molecule has 0 amide bonds. The number of nitrogens with one attached hydrogen (secondary N) is 2. The lowest BCUT2D eigenvalue weighted by Crippen LogP contribution is -2.08. The summed E-state index contributed by atoms with van der Waals surface area (Å²) in [6, 6.07) is 4.88. The maximum atomic E-state index is 12.7. The van der Waals surface area contributed by atoms with Crippen LogP contribution in [0, 0.1) is 4.77 Å². The van der Waals surface area contributed by atoms with Crippen LogP contribution in [0.25, 0.3) is 0 Å². The molecule has 0 unspecified atom stereocenters. The average molecular weight is 316 g/mol. The number of carbonyl (C=O) groups is 1. The van der Waals surface area contributed by atoms with Crippen molar-refractivity contribution in [3.05, 3.63) is 51.6 Å². The molecule has 4 nitrogen and oxygen atoms in total. The number of halogens is 3. The molecule has 2 rings (SSSR count). The van der Waals surface area contributed by atoms with Gasteiger partial charge in [-0.1, -0.05) is 18.2 Å². The third-order valence-electron chi connectivity index (χ3n) is 2.83. The summed E-state index contributed by atoms with van der Waals surface area (Å²) >= 11 is 4.89. The van der Waals surface area contributed by atoms with E-state index in [1.54, 1.807) is 6.07 Å². The fourth-order valence-electron chi connectivity index (χ4n) is 1.89. The monoisotopic (exact) mass is 316 g/mol. The Hall–Kier alpha value is -2.09. The highest BCUT2D eigenvalue weighted by atomic mass is 32.1. The molecule has 0 bridgehead atoms. The molecule has 8 heteroatoms. The first kappa shape index (κ1) is 15.3. The maximum absolute atomic E-state index is 12.7. The number of rotatable bonds is 3. The highest BCUT2D eigenvalue weighted by Crippen LogP contribution is 2.30. The van der Waals surface area contributed by atoms with Gasteiger partial charge in [0, 0.05) is 6.42 Å². The minimum Gasteiger partial charge on any atom is -0.464 e. The van der Waals surface area contributed by atoms with Crippen LogP contribution in [0.2, 0.25) is 0 Å². The molecule has 0 saturated heterocycles. The van der Waals surface area contributed by atoms with E-state index in [0.29, 0.717) is 11.3 Å². The van der Waals surface area contributed by atoms with E-state index in [1.165, 1.54) is 13.2 Å². The highest BCUT2D eigenvalue weighted by Gasteiger charge is 2.30. The number of hydrogen-bond donors (Lipinski definition) is 2. The maximum Gasteiger partial charge on any atom is 0.416 e. The van der Waals surface area contributed by atoms with Crippen LogP contribution < -0.4 is 0 Å². The van der Waals surface area contributed by atoms with Crippen LogP contribution in [0.3, 0.4) is 0 Å². The molecule has 112 valence electrons. The van der Waals surface area contributed by atoms with E-state index in [2.05, 4.69) is 14.7 Å². The van der Waals surface area contributed by atoms with Gasteiger partial charge in [-0.25, -0.2) is 4.79 Å². The molecule has 2 N–H and O–H groups in total. The molecule has 0 saturated carbocycles. The molecular weight excluding hydrogens is 305 g/mol. The van der Waals surface area contributed by atoms with Gasteiger partial charge in [0.1, 0.15) is 5.69 Å². The van der Waals surface area contributed by atoms with Crippen LogP contribution in [-0.2, 0) is 17.3 Å². The van der Waals surface area contributed by atoms with Crippen molar-refractivity contribution in [3.63, 3.8) is 0 Å². The highest BCUT2D eigenvalue weighted by molar-refractivity contribution is 7.71. The first-order valence-corrected chi connectivity index (χ1v) is 6.27. The second-order valence-electron chi connectivity index (χ2n) is 4.30. The summed E-state index contributed by atoms with van der Waals surface area (Å²) in [5.41, 5.74) is 0.153. The van der Waals surface area contributed by atoms with Gasteiger partial charge in [0.25, 0.3) is 0 Å². The van der Waals surface area contributed by atoms with Crippen molar-refractivity contribution < 1.29 is 22.7 Å². The van der Waals surface area contributed by atoms with E-state index >= 15 is 0 Å². The first-order chi connectivity index (χ1) is 9.81. The molecule has 1 aromatic carbocycles. The lowest BCUT2D eigenvalue weighted by Gasteiger charge is -2.08. The lowest BCUT2D eigenvalue weighted by molar-refractivity contribution is -0.137. The number of aromatic nitrogens is 2. The molecule has 0 radical (unpaired) electrons. The Morgan fingerprint density at radius 3 is 2.67 bits per heavy atom. The molecule has 0 aliphatic rings. The third kappa shape index (κ3) is 3.52. The van der Waals surface area contributed by atoms with Gasteiger partial charge in [0.2, 0.25) is 0 Å². The Labute approximate surface area is 123 Å². The molecular formula is C13H11F3N2O2S. The number of imidazole rings is 1. The van der Waals surface area contributed by atoms with Crippen LogP contribution in [0.5, 0.6) is 0 Å². The summed E-state index contributed by atoms with van der Waals surface area (Å²) in [7, 11) is 1.21. The second-order valence-corrected chi connectivity index (χ2v) is 4.71. The largest absolute Gasteiger partial charge is 0.464 e. The van der Waals surface area contributed by atoms with Crippen molar-refractivity contribution in [1.82, 2.24) is 9.97 Å². The Morgan fingerprint density at radius 1 is 1.33 bits per heavy atom. The first-order valence-electron chi connectivity index (χ1n) is 5.87. The number of alkyl halides is 3. The summed E-state index contributed by atoms with van der Waals surface area (Å²) in [6.07, 6.45) is -4.31. The SMILES string of the molecule is COC(=O)c1[nH]c(=S)[nH]c1Cc1cccc(C(F)(F)F)c1. The number of hydrogen-bond acceptors (Lipinski definition) is 3. The molecule has 2 aromatic rings. The molecule has 0 aliphatic heterocycles. The van der Waals surface area contributed by atoms with Crippen LogP contribution in [0.15, 0.2) is 24.3 Å². The van der Waals surface area contributed by atoms with E-state index in [9.17, 15) is 18.0 Å². The van der Waals surface area contributed by atoms with E-state index in [4.69, 9.17) is 12.2 Å². The predicted molar refractivity (Wildman–Crippen MR) is 71.6 cm³/mol. The van der Waals surface area contributed by atoms with Crippen molar-refractivity contribution in [3.8, 4) is 0 Å². The van der Waals surface area contributed by atoms with Gasteiger partial charge >= 0.3 is 12.1 Å². The van der Waals surface area contributed by atoms with Crippen LogP contribution in [-0.4, -0.2) is 23.0 Å². The summed E-state index contributed by atoms with van der Waals surface area (Å²) in [6.45, 7) is 0. The minimum atomic E-state index is -4.41. The standard InChI is InChI=1S/C13H11F3N2O2S/c1-20-11(19)10-9(17-12(21)18-10)6-7-3-2-4-8(5-7)13(14,15)16/h2-5H,6H2,1H3,(H2,17,18,21). The molecule has 0 aliphatic carbocycles. The second kappa shape index (κ2) is 5.72. The Balaban J connectivity index is 2.35. The zero-order chi connectivity index (χ0) is 15.6. The molecule has 1 aromatic heterocycles. The summed E-state index contributed by atoms with van der Waals surface area (Å²) in [5, 5.41) is 0. The molecule has 21 heavy (non-hydrogen) atoms. The van der Waals surface area contributed by atoms with Crippen molar-refractivity contribution in [2.75, 3.05) is 7.11 Å². The summed E-state index contributed by atoms with van der Waals surface area (Å²) in [5.74, 6) is -0.635. The van der Waals surface area contributed by atoms with Crippen LogP contribution in [0.1, 0.15) is 27.3 Å². The fourth-order valence-corrected chi connectivity index (χ4v) is 2.12. The normalized spacial score (nSPS) is 11.4. The Bertz CT molecular complexity index is 719. The van der Waals surface area contributed by atoms with Gasteiger partial charge in [-0.05, 0) is 23.8 Å². The number of methoxy groups -OCH3 is 1. The van der Waals surface area contributed by atoms with Crippen molar-refractivity contribution >= 4 is 18.2 Å². The van der Waals surface area contributed by atoms with Crippen LogP contribution >= 0.6 is 12.2 Å².